The Kier molecular flexibility index (Phi) is 6.18. The van der Waals surface area contributed by atoms with Crippen LogP contribution in [0, 0.1) is 24.1 Å². The zero-order valence-corrected chi connectivity index (χ0v) is 17.3. The molecule has 8 nitrogen and oxygen atoms in total. The first-order valence-corrected chi connectivity index (χ1v) is 10.2. The highest BCUT2D eigenvalue weighted by molar-refractivity contribution is 6.31. The number of fused-ring (bicyclic) bond motifs is 1. The van der Waals surface area contributed by atoms with Crippen molar-refractivity contribution in [2.45, 2.75) is 12.8 Å². The molecule has 31 heavy (non-hydrogen) atoms. The van der Waals surface area contributed by atoms with E-state index in [4.69, 9.17) is 22.8 Å². The van der Waals surface area contributed by atoms with Gasteiger partial charge < -0.3 is 19.9 Å². The SMILES string of the molecule is C#CCOC(=O)N1CCC[C@@H](CNc2nc(-c3c[nH]c4ncc(Cl)cc34)ncc2F)C1. The molecule has 0 aliphatic carbocycles. The largest absolute Gasteiger partial charge is 0.436 e. The van der Waals surface area contributed by atoms with E-state index in [0.717, 1.165) is 24.4 Å². The Hall–Kier alpha value is -3.38. The lowest BCUT2D eigenvalue weighted by Gasteiger charge is -2.32. The van der Waals surface area contributed by atoms with Gasteiger partial charge in [-0.1, -0.05) is 17.5 Å². The first-order chi connectivity index (χ1) is 15.0. The van der Waals surface area contributed by atoms with Gasteiger partial charge in [0.25, 0.3) is 0 Å². The van der Waals surface area contributed by atoms with Crippen LogP contribution in [-0.4, -0.2) is 57.2 Å². The van der Waals surface area contributed by atoms with E-state index >= 15 is 0 Å². The second kappa shape index (κ2) is 9.18. The van der Waals surface area contributed by atoms with E-state index in [1.54, 1.807) is 23.4 Å². The summed E-state index contributed by atoms with van der Waals surface area (Å²) in [4.78, 5) is 29.4. The standard InChI is InChI=1S/C21H20ClFN6O2/c1-2-6-31-21(30)29-5-3-4-13(12-29)8-24-20-17(23)11-27-19(28-20)16-10-26-18-15(16)7-14(22)9-25-18/h1,7,9-11,13H,3-6,8,12H2,(H,25,26)(H,24,27,28)/t13-/m0/s1. The molecule has 1 aliphatic rings. The fraction of sp³-hybridized carbons (Fsp3) is 0.333. The maximum Gasteiger partial charge on any atom is 0.410 e. The summed E-state index contributed by atoms with van der Waals surface area (Å²) in [6, 6.07) is 1.76. The van der Waals surface area contributed by atoms with Gasteiger partial charge in [-0.3, -0.25) is 0 Å². The number of nitrogens with one attached hydrogen (secondary N) is 2. The Morgan fingerprint density at radius 3 is 3.16 bits per heavy atom. The van der Waals surface area contributed by atoms with Crippen LogP contribution < -0.4 is 5.32 Å². The molecular weight excluding hydrogens is 423 g/mol. The Morgan fingerprint density at radius 1 is 1.45 bits per heavy atom. The van der Waals surface area contributed by atoms with Crippen LogP contribution in [0.1, 0.15) is 12.8 Å². The van der Waals surface area contributed by atoms with E-state index in [1.807, 2.05) is 0 Å². The van der Waals surface area contributed by atoms with Crippen molar-refractivity contribution in [1.29, 1.82) is 0 Å². The van der Waals surface area contributed by atoms with Crippen molar-refractivity contribution in [3.05, 3.63) is 35.5 Å². The fourth-order valence-corrected chi connectivity index (χ4v) is 3.77. The first-order valence-electron chi connectivity index (χ1n) is 9.79. The van der Waals surface area contributed by atoms with Crippen molar-refractivity contribution in [3.8, 4) is 23.7 Å². The molecule has 0 unspecified atom stereocenters. The topological polar surface area (TPSA) is 96.0 Å². The molecule has 0 bridgehead atoms. The third-order valence-electron chi connectivity index (χ3n) is 5.10. The van der Waals surface area contributed by atoms with Gasteiger partial charge in [-0.25, -0.2) is 24.1 Å². The summed E-state index contributed by atoms with van der Waals surface area (Å²) in [6.07, 6.45) is 10.8. The maximum absolute atomic E-state index is 14.4. The highest BCUT2D eigenvalue weighted by Gasteiger charge is 2.25. The molecule has 0 saturated carbocycles. The molecular formula is C21H20ClFN6O2. The normalized spacial score (nSPS) is 16.2. The number of amides is 1. The van der Waals surface area contributed by atoms with E-state index in [9.17, 15) is 9.18 Å². The minimum Gasteiger partial charge on any atom is -0.436 e. The summed E-state index contributed by atoms with van der Waals surface area (Å²) in [6.45, 7) is 1.51. The van der Waals surface area contributed by atoms with Crippen molar-refractivity contribution < 1.29 is 13.9 Å². The molecule has 160 valence electrons. The average molecular weight is 443 g/mol. The number of nitrogens with zero attached hydrogens (tertiary/aromatic N) is 4. The molecule has 10 heteroatoms. The van der Waals surface area contributed by atoms with Gasteiger partial charge in [0.05, 0.1) is 11.2 Å². The zero-order chi connectivity index (χ0) is 21.8. The first kappa shape index (κ1) is 20.9. The molecule has 1 atom stereocenters. The number of halogens is 2. The van der Waals surface area contributed by atoms with Gasteiger partial charge >= 0.3 is 6.09 Å². The van der Waals surface area contributed by atoms with E-state index in [0.29, 0.717) is 41.7 Å². The van der Waals surface area contributed by atoms with Gasteiger partial charge in [0, 0.05) is 43.0 Å². The van der Waals surface area contributed by atoms with Crippen molar-refractivity contribution in [1.82, 2.24) is 24.8 Å². The lowest BCUT2D eigenvalue weighted by Crippen LogP contribution is -2.42. The second-order valence-electron chi connectivity index (χ2n) is 7.24. The third-order valence-corrected chi connectivity index (χ3v) is 5.30. The highest BCUT2D eigenvalue weighted by atomic mass is 35.5. The summed E-state index contributed by atoms with van der Waals surface area (Å²) in [5, 5.41) is 4.29. The molecule has 4 heterocycles. The Bertz CT molecular complexity index is 1140. The average Bonchev–Trinajstić information content (AvgIpc) is 3.20. The predicted octanol–water partition coefficient (Wildman–Crippen LogP) is 3.71. The van der Waals surface area contributed by atoms with E-state index in [1.165, 1.54) is 0 Å². The van der Waals surface area contributed by atoms with Crippen LogP contribution in [0.4, 0.5) is 15.0 Å². The smallest absolute Gasteiger partial charge is 0.410 e. The fourth-order valence-electron chi connectivity index (χ4n) is 3.62. The molecule has 3 aromatic heterocycles. The summed E-state index contributed by atoms with van der Waals surface area (Å²) >= 11 is 6.05. The number of aromatic nitrogens is 4. The van der Waals surface area contributed by atoms with Gasteiger partial charge in [0.15, 0.2) is 24.1 Å². The summed E-state index contributed by atoms with van der Waals surface area (Å²) in [5.74, 6) is 2.30. The van der Waals surface area contributed by atoms with Crippen LogP contribution in [-0.2, 0) is 4.74 Å². The molecule has 0 spiro atoms. The highest BCUT2D eigenvalue weighted by Crippen LogP contribution is 2.28. The Balaban J connectivity index is 1.46. The van der Waals surface area contributed by atoms with Crippen LogP contribution >= 0.6 is 11.6 Å². The monoisotopic (exact) mass is 442 g/mol. The van der Waals surface area contributed by atoms with E-state index < -0.39 is 11.9 Å². The number of carbonyl (C=O) groups excluding carboxylic acids is 1. The number of anilines is 1. The number of carbonyl (C=O) groups is 1. The zero-order valence-electron chi connectivity index (χ0n) is 16.6. The summed E-state index contributed by atoms with van der Waals surface area (Å²) in [5.41, 5.74) is 1.31. The Morgan fingerprint density at radius 2 is 2.32 bits per heavy atom. The van der Waals surface area contributed by atoms with Crippen LogP contribution in [0.2, 0.25) is 5.02 Å². The van der Waals surface area contributed by atoms with Crippen molar-refractivity contribution in [2.24, 2.45) is 5.92 Å². The molecule has 4 rings (SSSR count). The number of piperidine rings is 1. The number of H-pyrrole nitrogens is 1. The van der Waals surface area contributed by atoms with E-state index in [-0.39, 0.29) is 18.3 Å². The molecule has 0 aromatic carbocycles. The molecule has 1 fully saturated rings. The maximum atomic E-state index is 14.4. The molecule has 1 aliphatic heterocycles. The number of pyridine rings is 1. The minimum absolute atomic E-state index is 0.0538. The number of terminal acetylenes is 1. The number of aromatic amines is 1. The number of hydrogen-bond acceptors (Lipinski definition) is 6. The lowest BCUT2D eigenvalue weighted by molar-refractivity contribution is 0.0955. The number of likely N-dealkylation sites (tertiary alicyclic amines) is 1. The minimum atomic E-state index is -0.555. The molecule has 0 radical (unpaired) electrons. The van der Waals surface area contributed by atoms with Crippen molar-refractivity contribution >= 4 is 34.5 Å². The number of hydrogen-bond donors (Lipinski definition) is 2. The summed E-state index contributed by atoms with van der Waals surface area (Å²) in [7, 11) is 0. The predicted molar refractivity (Wildman–Crippen MR) is 115 cm³/mol. The van der Waals surface area contributed by atoms with Crippen LogP contribution in [0.5, 0.6) is 0 Å². The quantitative estimate of drug-likeness (QED) is 0.585. The number of rotatable bonds is 5. The van der Waals surface area contributed by atoms with Crippen molar-refractivity contribution in [3.63, 3.8) is 0 Å². The molecule has 1 amide bonds. The van der Waals surface area contributed by atoms with Crippen LogP contribution in [0.15, 0.2) is 24.7 Å². The van der Waals surface area contributed by atoms with Gasteiger partial charge in [-0.05, 0) is 24.8 Å². The van der Waals surface area contributed by atoms with Crippen LogP contribution in [0.3, 0.4) is 0 Å². The van der Waals surface area contributed by atoms with Crippen LogP contribution in [0.25, 0.3) is 22.4 Å². The van der Waals surface area contributed by atoms with E-state index in [2.05, 4.69) is 31.2 Å². The molecule has 3 aromatic rings. The van der Waals surface area contributed by atoms with Gasteiger partial charge in [0.1, 0.15) is 5.65 Å². The molecule has 1 saturated heterocycles. The van der Waals surface area contributed by atoms with Crippen molar-refractivity contribution in [2.75, 3.05) is 31.6 Å². The van der Waals surface area contributed by atoms with Gasteiger partial charge in [-0.15, -0.1) is 6.42 Å². The summed E-state index contributed by atoms with van der Waals surface area (Å²) < 4.78 is 19.3. The number of ether oxygens (including phenoxy) is 1. The molecule has 2 N–H and O–H groups in total. The lowest BCUT2D eigenvalue weighted by atomic mass is 9.98. The Labute approximate surface area is 183 Å². The third kappa shape index (κ3) is 4.70. The second-order valence-corrected chi connectivity index (χ2v) is 7.67. The van der Waals surface area contributed by atoms with Gasteiger partial charge in [-0.2, -0.15) is 0 Å². The van der Waals surface area contributed by atoms with Gasteiger partial charge in [0.2, 0.25) is 0 Å².